The van der Waals surface area contributed by atoms with E-state index in [1.807, 2.05) is 6.07 Å². The first-order valence-electron chi connectivity index (χ1n) is 8.12. The molecule has 1 N–H and O–H groups in total. The van der Waals surface area contributed by atoms with E-state index in [0.29, 0.717) is 47.3 Å². The van der Waals surface area contributed by atoms with Gasteiger partial charge in [-0.2, -0.15) is 10.4 Å². The van der Waals surface area contributed by atoms with Gasteiger partial charge in [0.15, 0.2) is 18.1 Å². The number of rotatable bonds is 6. The lowest BCUT2D eigenvalue weighted by atomic mass is 10.2. The molecule has 0 unspecified atom stereocenters. The minimum absolute atomic E-state index is 0.263. The number of hydrazone groups is 1. The Kier molecular flexibility index (Phi) is 5.74. The van der Waals surface area contributed by atoms with Crippen LogP contribution in [0.2, 0.25) is 0 Å². The van der Waals surface area contributed by atoms with Crippen LogP contribution in [-0.2, 0) is 4.79 Å². The molecule has 3 rings (SSSR count). The summed E-state index contributed by atoms with van der Waals surface area (Å²) in [6.45, 7) is 0.650. The first-order valence-corrected chi connectivity index (χ1v) is 8.12. The number of hydrogen-bond donors (Lipinski definition) is 1. The van der Waals surface area contributed by atoms with E-state index in [0.717, 1.165) is 0 Å². The highest BCUT2D eigenvalue weighted by atomic mass is 16.6. The lowest BCUT2D eigenvalue weighted by Crippen LogP contribution is -2.24. The van der Waals surface area contributed by atoms with Crippen molar-refractivity contribution in [1.82, 2.24) is 5.43 Å². The molecule has 0 saturated heterocycles. The van der Waals surface area contributed by atoms with E-state index in [4.69, 9.17) is 24.2 Å². The van der Waals surface area contributed by atoms with Gasteiger partial charge in [-0.25, -0.2) is 5.43 Å². The summed E-state index contributed by atoms with van der Waals surface area (Å²) in [5.74, 6) is 1.52. The molecular weight excluding hydrogens is 350 g/mol. The van der Waals surface area contributed by atoms with E-state index in [-0.39, 0.29) is 6.61 Å². The van der Waals surface area contributed by atoms with E-state index in [2.05, 4.69) is 10.5 Å². The molecule has 2 aromatic rings. The predicted molar refractivity (Wildman–Crippen MR) is 96.4 cm³/mol. The van der Waals surface area contributed by atoms with Crippen LogP contribution in [0.25, 0.3) is 0 Å². The van der Waals surface area contributed by atoms with Gasteiger partial charge in [-0.3, -0.25) is 4.79 Å². The Balaban J connectivity index is 1.59. The Morgan fingerprint density at radius 3 is 2.93 bits per heavy atom. The monoisotopic (exact) mass is 367 g/mol. The number of ether oxygens (including phenoxy) is 4. The zero-order valence-electron chi connectivity index (χ0n) is 14.6. The summed E-state index contributed by atoms with van der Waals surface area (Å²) in [5.41, 5.74) is 3.40. The Bertz CT molecular complexity index is 887. The maximum atomic E-state index is 11.9. The second-order valence-electron chi connectivity index (χ2n) is 5.44. The van der Waals surface area contributed by atoms with Crippen molar-refractivity contribution < 1.29 is 23.7 Å². The van der Waals surface area contributed by atoms with Crippen molar-refractivity contribution in [3.8, 4) is 29.1 Å². The number of carbonyl (C=O) groups excluding carboxylic acids is 1. The number of nitrogens with one attached hydrogen (secondary N) is 1. The Labute approximate surface area is 155 Å². The Morgan fingerprint density at radius 1 is 1.30 bits per heavy atom. The lowest BCUT2D eigenvalue weighted by Gasteiger charge is -2.20. The molecule has 0 aliphatic carbocycles. The molecule has 0 bridgehead atoms. The number of hydrogen-bond acceptors (Lipinski definition) is 7. The predicted octanol–water partition coefficient (Wildman–Crippen LogP) is 1.87. The van der Waals surface area contributed by atoms with E-state index in [9.17, 15) is 4.79 Å². The number of methoxy groups -OCH3 is 1. The SMILES string of the molecule is COc1cc(/C=N\NC(=O)COc2ccccc2C#N)cc2c1OCCO2. The third kappa shape index (κ3) is 4.46. The Hall–Kier alpha value is -3.73. The largest absolute Gasteiger partial charge is 0.493 e. The Morgan fingerprint density at radius 2 is 2.11 bits per heavy atom. The summed E-state index contributed by atoms with van der Waals surface area (Å²) in [7, 11) is 1.53. The summed E-state index contributed by atoms with van der Waals surface area (Å²) in [4.78, 5) is 11.9. The van der Waals surface area contributed by atoms with Gasteiger partial charge in [0.1, 0.15) is 25.0 Å². The van der Waals surface area contributed by atoms with Crippen molar-refractivity contribution in [2.45, 2.75) is 0 Å². The van der Waals surface area contributed by atoms with Gasteiger partial charge in [0, 0.05) is 5.56 Å². The summed E-state index contributed by atoms with van der Waals surface area (Å²) >= 11 is 0. The van der Waals surface area contributed by atoms with Crippen LogP contribution in [0.15, 0.2) is 41.5 Å². The van der Waals surface area contributed by atoms with Crippen LogP contribution in [0.1, 0.15) is 11.1 Å². The molecule has 0 aromatic heterocycles. The lowest BCUT2D eigenvalue weighted by molar-refractivity contribution is -0.123. The van der Waals surface area contributed by atoms with Crippen LogP contribution >= 0.6 is 0 Å². The third-order valence-electron chi connectivity index (χ3n) is 3.62. The van der Waals surface area contributed by atoms with Crippen LogP contribution in [0.4, 0.5) is 0 Å². The molecule has 0 saturated carbocycles. The number of nitriles is 1. The molecule has 0 radical (unpaired) electrons. The van der Waals surface area contributed by atoms with Gasteiger partial charge in [0.05, 0.1) is 18.9 Å². The fraction of sp³-hybridized carbons (Fsp3) is 0.211. The van der Waals surface area contributed by atoms with Crippen molar-refractivity contribution in [3.05, 3.63) is 47.5 Å². The maximum absolute atomic E-state index is 11.9. The fourth-order valence-electron chi connectivity index (χ4n) is 2.41. The van der Waals surface area contributed by atoms with Crippen molar-refractivity contribution >= 4 is 12.1 Å². The van der Waals surface area contributed by atoms with E-state index in [1.54, 1.807) is 36.4 Å². The van der Waals surface area contributed by atoms with Gasteiger partial charge in [-0.15, -0.1) is 0 Å². The minimum Gasteiger partial charge on any atom is -0.493 e. The molecule has 0 atom stereocenters. The number of carbonyl (C=O) groups is 1. The third-order valence-corrected chi connectivity index (χ3v) is 3.62. The standard InChI is InChI=1S/C19H17N3O5/c1-24-16-8-13(9-17-19(16)26-7-6-25-17)11-21-22-18(23)12-27-15-5-3-2-4-14(15)10-20/h2-5,8-9,11H,6-7,12H2,1H3,(H,22,23)/b21-11-. The summed E-state index contributed by atoms with van der Waals surface area (Å²) in [6, 6.07) is 12.1. The molecular formula is C19H17N3O5. The number of para-hydroxylation sites is 1. The van der Waals surface area contributed by atoms with E-state index < -0.39 is 5.91 Å². The van der Waals surface area contributed by atoms with Crippen molar-refractivity contribution in [3.63, 3.8) is 0 Å². The van der Waals surface area contributed by atoms with Crippen LogP contribution in [0.3, 0.4) is 0 Å². The molecule has 1 amide bonds. The summed E-state index contributed by atoms with van der Waals surface area (Å²) in [5, 5.41) is 12.9. The molecule has 2 aromatic carbocycles. The van der Waals surface area contributed by atoms with Gasteiger partial charge in [0.25, 0.3) is 5.91 Å². The average Bonchev–Trinajstić information content (AvgIpc) is 2.71. The molecule has 1 heterocycles. The van der Waals surface area contributed by atoms with Crippen molar-refractivity contribution in [2.24, 2.45) is 5.10 Å². The molecule has 8 heteroatoms. The second kappa shape index (κ2) is 8.58. The molecule has 8 nitrogen and oxygen atoms in total. The highest BCUT2D eigenvalue weighted by molar-refractivity contribution is 5.84. The van der Waals surface area contributed by atoms with Gasteiger partial charge >= 0.3 is 0 Å². The molecule has 0 spiro atoms. The number of benzene rings is 2. The second-order valence-corrected chi connectivity index (χ2v) is 5.44. The molecule has 1 aliphatic heterocycles. The smallest absolute Gasteiger partial charge is 0.277 e. The summed E-state index contributed by atoms with van der Waals surface area (Å²) < 4.78 is 21.7. The van der Waals surface area contributed by atoms with Crippen molar-refractivity contribution in [1.29, 1.82) is 5.26 Å². The van der Waals surface area contributed by atoms with Crippen molar-refractivity contribution in [2.75, 3.05) is 26.9 Å². The molecule has 0 fully saturated rings. The van der Waals surface area contributed by atoms with Gasteiger partial charge < -0.3 is 18.9 Å². The van der Waals surface area contributed by atoms with Gasteiger partial charge in [-0.05, 0) is 24.3 Å². The van der Waals surface area contributed by atoms with Gasteiger partial charge in [0.2, 0.25) is 5.75 Å². The van der Waals surface area contributed by atoms with Gasteiger partial charge in [-0.1, -0.05) is 12.1 Å². The van der Waals surface area contributed by atoms with Crippen LogP contribution in [0, 0.1) is 11.3 Å². The molecule has 27 heavy (non-hydrogen) atoms. The summed E-state index contributed by atoms with van der Waals surface area (Å²) in [6.07, 6.45) is 1.46. The maximum Gasteiger partial charge on any atom is 0.277 e. The number of nitrogens with zero attached hydrogens (tertiary/aromatic N) is 2. The molecule has 138 valence electrons. The first kappa shape index (κ1) is 18.1. The quantitative estimate of drug-likeness (QED) is 0.618. The van der Waals surface area contributed by atoms with E-state index >= 15 is 0 Å². The fourth-order valence-corrected chi connectivity index (χ4v) is 2.41. The normalized spacial score (nSPS) is 12.3. The van der Waals surface area contributed by atoms with Crippen LogP contribution in [-0.4, -0.2) is 39.1 Å². The highest BCUT2D eigenvalue weighted by Crippen LogP contribution is 2.39. The molecule has 1 aliphatic rings. The minimum atomic E-state index is -0.455. The number of amides is 1. The zero-order chi connectivity index (χ0) is 19.1. The highest BCUT2D eigenvalue weighted by Gasteiger charge is 2.18. The topological polar surface area (TPSA) is 102 Å². The number of fused-ring (bicyclic) bond motifs is 1. The van der Waals surface area contributed by atoms with E-state index in [1.165, 1.54) is 13.3 Å². The van der Waals surface area contributed by atoms with Crippen LogP contribution < -0.4 is 24.4 Å². The first-order chi connectivity index (χ1) is 13.2. The average molecular weight is 367 g/mol. The zero-order valence-corrected chi connectivity index (χ0v) is 14.6. The van der Waals surface area contributed by atoms with Crippen LogP contribution in [0.5, 0.6) is 23.0 Å².